The summed E-state index contributed by atoms with van der Waals surface area (Å²) in [4.78, 5) is 39.5. The molecule has 3 aromatic carbocycles. The molecule has 0 bridgehead atoms. The average Bonchev–Trinajstić information content (AvgIpc) is 2.86. The lowest BCUT2D eigenvalue weighted by atomic mass is 9.96. The fourth-order valence-electron chi connectivity index (χ4n) is 3.88. The molecule has 178 valence electrons. The summed E-state index contributed by atoms with van der Waals surface area (Å²) in [6, 6.07) is 21.4. The monoisotopic (exact) mass is 600 g/mol. The van der Waals surface area contributed by atoms with E-state index in [2.05, 4.69) is 27.9 Å². The molecule has 8 heteroatoms. The second kappa shape index (κ2) is 10.6. The van der Waals surface area contributed by atoms with Gasteiger partial charge >= 0.3 is 5.97 Å². The highest BCUT2D eigenvalue weighted by atomic mass is 127. The molecule has 1 amide bonds. The molecule has 1 heterocycles. The number of aromatic nitrogens is 1. The minimum absolute atomic E-state index is 0.0662. The van der Waals surface area contributed by atoms with Gasteiger partial charge in [-0.1, -0.05) is 48.9 Å². The van der Waals surface area contributed by atoms with Crippen LogP contribution < -0.4 is 10.9 Å². The van der Waals surface area contributed by atoms with Gasteiger partial charge < -0.3 is 14.6 Å². The highest BCUT2D eigenvalue weighted by molar-refractivity contribution is 14.1. The lowest BCUT2D eigenvalue weighted by molar-refractivity contribution is -0.124. The molecule has 0 aliphatic rings. The highest BCUT2D eigenvalue weighted by Crippen LogP contribution is 2.32. The van der Waals surface area contributed by atoms with E-state index in [9.17, 15) is 14.4 Å². The van der Waals surface area contributed by atoms with Crippen LogP contribution in [0.2, 0.25) is 5.02 Å². The number of carbonyl (C=O) groups excluding carboxylic acids is 2. The Morgan fingerprint density at radius 3 is 2.26 bits per heavy atom. The quantitative estimate of drug-likeness (QED) is 0.216. The molecule has 0 aliphatic heterocycles. The standard InChI is InChI=1S/C27H22ClIN2O4/c1-3-22(25(32)30-19-14-12-18(29)13-15-19)35-27(34)24-23(16-8-10-17(28)11-9-16)20-6-4-5-7-21(20)26(33)31(24)2/h4-15,22H,3H2,1-2H3,(H,30,32). The van der Waals surface area contributed by atoms with E-state index in [0.717, 1.165) is 3.57 Å². The van der Waals surface area contributed by atoms with Crippen molar-refractivity contribution in [1.29, 1.82) is 0 Å². The first-order valence-electron chi connectivity index (χ1n) is 10.9. The maximum Gasteiger partial charge on any atom is 0.356 e. The molecule has 0 radical (unpaired) electrons. The first kappa shape index (κ1) is 24.9. The highest BCUT2D eigenvalue weighted by Gasteiger charge is 2.27. The number of nitrogens with zero attached hydrogens (tertiary/aromatic N) is 1. The summed E-state index contributed by atoms with van der Waals surface area (Å²) in [5, 5.41) is 4.41. The SMILES string of the molecule is CCC(OC(=O)c1c(-c2ccc(Cl)cc2)c2ccccc2c(=O)n1C)C(=O)Nc1ccc(I)cc1. The van der Waals surface area contributed by atoms with E-state index >= 15 is 0 Å². The molecule has 1 unspecified atom stereocenters. The van der Waals surface area contributed by atoms with Gasteiger partial charge in [0.15, 0.2) is 6.10 Å². The van der Waals surface area contributed by atoms with Crippen molar-refractivity contribution in [2.75, 3.05) is 5.32 Å². The maximum atomic E-state index is 13.5. The molecule has 35 heavy (non-hydrogen) atoms. The summed E-state index contributed by atoms with van der Waals surface area (Å²) in [7, 11) is 1.53. The van der Waals surface area contributed by atoms with Gasteiger partial charge in [0.25, 0.3) is 11.5 Å². The molecule has 0 saturated heterocycles. The molecule has 1 atom stereocenters. The summed E-state index contributed by atoms with van der Waals surface area (Å²) in [6.07, 6.45) is -0.777. The summed E-state index contributed by atoms with van der Waals surface area (Å²) < 4.78 is 7.99. The van der Waals surface area contributed by atoms with Crippen LogP contribution in [0.3, 0.4) is 0 Å². The van der Waals surface area contributed by atoms with Crippen molar-refractivity contribution in [2.45, 2.75) is 19.4 Å². The van der Waals surface area contributed by atoms with Crippen LogP contribution in [0.1, 0.15) is 23.8 Å². The fraction of sp³-hybridized carbons (Fsp3) is 0.148. The first-order valence-corrected chi connectivity index (χ1v) is 12.4. The second-order valence-corrected chi connectivity index (χ2v) is 9.62. The lowest BCUT2D eigenvalue weighted by Gasteiger charge is -2.20. The summed E-state index contributed by atoms with van der Waals surface area (Å²) >= 11 is 8.26. The number of esters is 1. The number of rotatable bonds is 6. The Kier molecular flexibility index (Phi) is 7.57. The summed E-state index contributed by atoms with van der Waals surface area (Å²) in [5.74, 6) is -1.20. The number of hydrogen-bond donors (Lipinski definition) is 1. The molecule has 0 saturated carbocycles. The van der Waals surface area contributed by atoms with Gasteiger partial charge in [-0.3, -0.25) is 9.59 Å². The maximum absolute atomic E-state index is 13.5. The van der Waals surface area contributed by atoms with Gasteiger partial charge in [0.05, 0.1) is 0 Å². The minimum atomic E-state index is -1.04. The smallest absolute Gasteiger partial charge is 0.356 e. The van der Waals surface area contributed by atoms with E-state index in [0.29, 0.717) is 32.6 Å². The van der Waals surface area contributed by atoms with Crippen LogP contribution in [-0.4, -0.2) is 22.5 Å². The number of halogens is 2. The Morgan fingerprint density at radius 1 is 1.00 bits per heavy atom. The number of anilines is 1. The first-order chi connectivity index (χ1) is 16.8. The molecule has 1 aromatic heterocycles. The third-order valence-corrected chi connectivity index (χ3v) is 6.63. The summed E-state index contributed by atoms with van der Waals surface area (Å²) in [6.45, 7) is 1.75. The van der Waals surface area contributed by atoms with Crippen molar-refractivity contribution in [3.05, 3.63) is 97.4 Å². The predicted octanol–water partition coefficient (Wildman–Crippen LogP) is 6.04. The number of fused-ring (bicyclic) bond motifs is 1. The third kappa shape index (κ3) is 5.26. The van der Waals surface area contributed by atoms with Crippen molar-refractivity contribution in [3.63, 3.8) is 0 Å². The molecular weight excluding hydrogens is 579 g/mol. The van der Waals surface area contributed by atoms with Crippen LogP contribution in [0.4, 0.5) is 5.69 Å². The number of pyridine rings is 1. The van der Waals surface area contributed by atoms with Gasteiger partial charge in [-0.05, 0) is 82.4 Å². The number of amides is 1. The molecule has 0 fully saturated rings. The molecule has 1 N–H and O–H groups in total. The van der Waals surface area contributed by atoms with Gasteiger partial charge in [-0.15, -0.1) is 0 Å². The van der Waals surface area contributed by atoms with Gasteiger partial charge in [0.2, 0.25) is 0 Å². The van der Waals surface area contributed by atoms with Crippen LogP contribution in [0, 0.1) is 3.57 Å². The number of hydrogen-bond acceptors (Lipinski definition) is 4. The van der Waals surface area contributed by atoms with Crippen molar-refractivity contribution >= 4 is 62.5 Å². The van der Waals surface area contributed by atoms with Crippen LogP contribution in [-0.2, 0) is 16.6 Å². The Balaban J connectivity index is 1.75. The number of ether oxygens (including phenoxy) is 1. The Labute approximate surface area is 221 Å². The van der Waals surface area contributed by atoms with E-state index in [4.69, 9.17) is 16.3 Å². The minimum Gasteiger partial charge on any atom is -0.448 e. The molecule has 4 rings (SSSR count). The fourth-order valence-corrected chi connectivity index (χ4v) is 4.36. The predicted molar refractivity (Wildman–Crippen MR) is 147 cm³/mol. The lowest BCUT2D eigenvalue weighted by Crippen LogP contribution is -2.34. The van der Waals surface area contributed by atoms with Crippen LogP contribution >= 0.6 is 34.2 Å². The molecular formula is C27H22ClIN2O4. The van der Waals surface area contributed by atoms with Crippen molar-refractivity contribution < 1.29 is 14.3 Å². The largest absolute Gasteiger partial charge is 0.448 e. The Hall–Kier alpha value is -3.17. The van der Waals surface area contributed by atoms with Crippen molar-refractivity contribution in [3.8, 4) is 11.1 Å². The molecule has 4 aromatic rings. The van der Waals surface area contributed by atoms with Crippen molar-refractivity contribution in [1.82, 2.24) is 4.57 Å². The van der Waals surface area contributed by atoms with Gasteiger partial charge in [-0.2, -0.15) is 0 Å². The second-order valence-electron chi connectivity index (χ2n) is 7.94. The topological polar surface area (TPSA) is 77.4 Å². The van der Waals surface area contributed by atoms with Crippen LogP contribution in [0.25, 0.3) is 21.9 Å². The van der Waals surface area contributed by atoms with Crippen molar-refractivity contribution in [2.24, 2.45) is 7.05 Å². The normalized spacial score (nSPS) is 11.8. The Bertz CT molecular complexity index is 1460. The average molecular weight is 601 g/mol. The van der Waals surface area contributed by atoms with E-state index in [1.54, 1.807) is 67.6 Å². The third-order valence-electron chi connectivity index (χ3n) is 5.65. The van der Waals surface area contributed by atoms with Gasteiger partial charge in [-0.25, -0.2) is 4.79 Å². The number of carbonyl (C=O) groups is 2. The molecule has 0 spiro atoms. The zero-order valence-electron chi connectivity index (χ0n) is 19.0. The number of nitrogens with one attached hydrogen (secondary N) is 1. The van der Waals surface area contributed by atoms with Gasteiger partial charge in [0, 0.05) is 32.3 Å². The van der Waals surface area contributed by atoms with E-state index in [-0.39, 0.29) is 17.7 Å². The van der Waals surface area contributed by atoms with Gasteiger partial charge in [0.1, 0.15) is 5.69 Å². The van der Waals surface area contributed by atoms with E-state index < -0.39 is 18.0 Å². The molecule has 6 nitrogen and oxygen atoms in total. The van der Waals surface area contributed by atoms with Crippen LogP contribution in [0.5, 0.6) is 0 Å². The Morgan fingerprint density at radius 2 is 1.63 bits per heavy atom. The zero-order chi connectivity index (χ0) is 25.1. The van der Waals surface area contributed by atoms with Crippen LogP contribution in [0.15, 0.2) is 77.6 Å². The van der Waals surface area contributed by atoms with E-state index in [1.807, 2.05) is 12.1 Å². The molecule has 0 aliphatic carbocycles. The summed E-state index contributed by atoms with van der Waals surface area (Å²) in [5.41, 5.74) is 1.57. The zero-order valence-corrected chi connectivity index (χ0v) is 22.0. The van der Waals surface area contributed by atoms with E-state index in [1.165, 1.54) is 11.6 Å². The number of benzene rings is 3.